The van der Waals surface area contributed by atoms with Crippen molar-refractivity contribution in [1.29, 1.82) is 0 Å². The second-order valence-corrected chi connectivity index (χ2v) is 5.06. The molecule has 0 saturated heterocycles. The van der Waals surface area contributed by atoms with E-state index in [1.165, 1.54) is 12.1 Å². The van der Waals surface area contributed by atoms with Crippen molar-refractivity contribution in [1.82, 2.24) is 0 Å². The molecule has 0 aromatic heterocycles. The van der Waals surface area contributed by atoms with Gasteiger partial charge in [-0.3, -0.25) is 0 Å². The quantitative estimate of drug-likeness (QED) is 0.715. The zero-order valence-corrected chi connectivity index (χ0v) is 11.4. The van der Waals surface area contributed by atoms with E-state index in [4.69, 9.17) is 0 Å². The summed E-state index contributed by atoms with van der Waals surface area (Å²) in [6, 6.07) is 6.51. The summed E-state index contributed by atoms with van der Waals surface area (Å²) in [5, 5.41) is 0. The van der Waals surface area contributed by atoms with Gasteiger partial charge in [0.05, 0.1) is 0 Å². The molecule has 94 valence electrons. The second kappa shape index (κ2) is 6.15. The average Bonchev–Trinajstić information content (AvgIpc) is 2.27. The Bertz CT molecular complexity index is 374. The van der Waals surface area contributed by atoms with Crippen LogP contribution in [-0.2, 0) is 0 Å². The van der Waals surface area contributed by atoms with Crippen LogP contribution in [0.4, 0.5) is 8.78 Å². The van der Waals surface area contributed by atoms with Crippen LogP contribution in [0, 0.1) is 5.92 Å². The third-order valence-electron chi connectivity index (χ3n) is 2.37. The molecular weight excluding hydrogens is 290 g/mol. The molecule has 0 spiro atoms. The van der Waals surface area contributed by atoms with Crippen LogP contribution in [0.25, 0.3) is 5.57 Å². The molecule has 4 heteroatoms. The average molecular weight is 305 g/mol. The largest absolute Gasteiger partial charge is 0.435 e. The Morgan fingerprint density at radius 2 is 1.76 bits per heavy atom. The first kappa shape index (κ1) is 14.2. The molecule has 0 saturated carbocycles. The summed E-state index contributed by atoms with van der Waals surface area (Å²) in [6.45, 7) is 5.38. The van der Waals surface area contributed by atoms with E-state index in [2.05, 4.69) is 41.1 Å². The lowest BCUT2D eigenvalue weighted by Gasteiger charge is -2.17. The molecule has 0 aliphatic heterocycles. The van der Waals surface area contributed by atoms with Crippen molar-refractivity contribution >= 4 is 21.5 Å². The molecule has 0 fully saturated rings. The van der Waals surface area contributed by atoms with Crippen molar-refractivity contribution in [2.75, 3.05) is 0 Å². The summed E-state index contributed by atoms with van der Waals surface area (Å²) in [4.78, 5) is 0.171. The normalized spacial score (nSPS) is 12.9. The third kappa shape index (κ3) is 4.11. The highest BCUT2D eigenvalue weighted by molar-refractivity contribution is 9.09. The fourth-order valence-corrected chi connectivity index (χ4v) is 1.68. The minimum atomic E-state index is -2.79. The van der Waals surface area contributed by atoms with Crippen LogP contribution in [0.2, 0.25) is 0 Å². The molecule has 1 rings (SSSR count). The fraction of sp³-hybridized carbons (Fsp3) is 0.385. The van der Waals surface area contributed by atoms with E-state index in [0.717, 1.165) is 11.1 Å². The lowest BCUT2D eigenvalue weighted by Crippen LogP contribution is -2.08. The zero-order valence-electron chi connectivity index (χ0n) is 9.79. The van der Waals surface area contributed by atoms with Gasteiger partial charge in [-0.05, 0) is 29.2 Å². The van der Waals surface area contributed by atoms with Crippen molar-refractivity contribution < 1.29 is 13.5 Å². The molecule has 1 atom stereocenters. The van der Waals surface area contributed by atoms with Crippen molar-refractivity contribution in [3.8, 4) is 5.75 Å². The van der Waals surface area contributed by atoms with Crippen molar-refractivity contribution in [2.45, 2.75) is 25.3 Å². The first-order valence-electron chi connectivity index (χ1n) is 5.30. The summed E-state index contributed by atoms with van der Waals surface area (Å²) in [5.41, 5.74) is 1.85. The maximum absolute atomic E-state index is 12.0. The van der Waals surface area contributed by atoms with Gasteiger partial charge in [-0.2, -0.15) is 8.78 Å². The van der Waals surface area contributed by atoms with Crippen molar-refractivity contribution in [3.05, 3.63) is 36.4 Å². The highest BCUT2D eigenvalue weighted by atomic mass is 79.9. The molecule has 0 heterocycles. The van der Waals surface area contributed by atoms with Crippen molar-refractivity contribution in [2.24, 2.45) is 5.92 Å². The first-order valence-corrected chi connectivity index (χ1v) is 6.21. The van der Waals surface area contributed by atoms with Gasteiger partial charge in [0, 0.05) is 4.83 Å². The highest BCUT2D eigenvalue weighted by Gasteiger charge is 2.14. The van der Waals surface area contributed by atoms with Gasteiger partial charge in [0.2, 0.25) is 0 Å². The molecule has 1 unspecified atom stereocenters. The van der Waals surface area contributed by atoms with E-state index in [0.29, 0.717) is 5.92 Å². The Labute approximate surface area is 109 Å². The fourth-order valence-electron chi connectivity index (χ4n) is 1.41. The minimum Gasteiger partial charge on any atom is -0.435 e. The first-order chi connectivity index (χ1) is 7.91. The number of alkyl halides is 3. The van der Waals surface area contributed by atoms with Crippen LogP contribution in [0.15, 0.2) is 30.8 Å². The lowest BCUT2D eigenvalue weighted by atomic mass is 9.98. The van der Waals surface area contributed by atoms with Crippen LogP contribution in [0.3, 0.4) is 0 Å². The van der Waals surface area contributed by atoms with E-state index in [9.17, 15) is 8.78 Å². The van der Waals surface area contributed by atoms with Gasteiger partial charge in [-0.15, -0.1) is 0 Å². The predicted octanol–water partition coefficient (Wildman–Crippen LogP) is 4.72. The topological polar surface area (TPSA) is 9.23 Å². The molecule has 0 bridgehead atoms. The van der Waals surface area contributed by atoms with Gasteiger partial charge in [0.25, 0.3) is 0 Å². The van der Waals surface area contributed by atoms with Gasteiger partial charge in [0.15, 0.2) is 0 Å². The number of allylic oxidation sites excluding steroid dienone is 1. The van der Waals surface area contributed by atoms with Gasteiger partial charge < -0.3 is 4.74 Å². The minimum absolute atomic E-state index is 0.159. The highest BCUT2D eigenvalue weighted by Crippen LogP contribution is 2.29. The molecule has 17 heavy (non-hydrogen) atoms. The van der Waals surface area contributed by atoms with Gasteiger partial charge in [-0.1, -0.05) is 48.5 Å². The van der Waals surface area contributed by atoms with Crippen molar-refractivity contribution in [3.63, 3.8) is 0 Å². The summed E-state index contributed by atoms with van der Waals surface area (Å²) >= 11 is 3.55. The van der Waals surface area contributed by atoms with Crippen LogP contribution < -0.4 is 4.74 Å². The maximum atomic E-state index is 12.0. The number of halogens is 3. The molecule has 1 aromatic rings. The summed E-state index contributed by atoms with van der Waals surface area (Å²) < 4.78 is 28.2. The molecule has 0 radical (unpaired) electrons. The van der Waals surface area contributed by atoms with E-state index < -0.39 is 6.61 Å². The van der Waals surface area contributed by atoms with Crippen LogP contribution >= 0.6 is 15.9 Å². The van der Waals surface area contributed by atoms with E-state index in [1.807, 2.05) is 0 Å². The SMILES string of the molecule is C=C(c1ccc(OC(F)F)cc1)C(Br)C(C)C. The van der Waals surface area contributed by atoms with E-state index >= 15 is 0 Å². The van der Waals surface area contributed by atoms with Crippen LogP contribution in [0.1, 0.15) is 19.4 Å². The van der Waals surface area contributed by atoms with Gasteiger partial charge in [0.1, 0.15) is 5.75 Å². The molecule has 0 aliphatic carbocycles. The Morgan fingerprint density at radius 1 is 1.24 bits per heavy atom. The number of ether oxygens (including phenoxy) is 1. The zero-order chi connectivity index (χ0) is 13.0. The maximum Gasteiger partial charge on any atom is 0.387 e. The monoisotopic (exact) mass is 304 g/mol. The summed E-state index contributed by atoms with van der Waals surface area (Å²) in [6.07, 6.45) is 0. The third-order valence-corrected chi connectivity index (χ3v) is 3.98. The number of hydrogen-bond donors (Lipinski definition) is 0. The second-order valence-electron chi connectivity index (χ2n) is 4.07. The summed E-state index contributed by atoms with van der Waals surface area (Å²) in [7, 11) is 0. The molecular formula is C13H15BrF2O. The number of rotatable bonds is 5. The molecule has 0 N–H and O–H groups in total. The molecule has 0 amide bonds. The van der Waals surface area contributed by atoms with E-state index in [1.54, 1.807) is 12.1 Å². The van der Waals surface area contributed by atoms with Crippen LogP contribution in [0.5, 0.6) is 5.75 Å². The summed E-state index contributed by atoms with van der Waals surface area (Å²) in [5.74, 6) is 0.576. The van der Waals surface area contributed by atoms with E-state index in [-0.39, 0.29) is 10.6 Å². The predicted molar refractivity (Wildman–Crippen MR) is 69.7 cm³/mol. The van der Waals surface area contributed by atoms with Gasteiger partial charge >= 0.3 is 6.61 Å². The molecule has 1 nitrogen and oxygen atoms in total. The number of benzene rings is 1. The Hall–Kier alpha value is -0.900. The van der Waals surface area contributed by atoms with Gasteiger partial charge in [-0.25, -0.2) is 0 Å². The standard InChI is InChI=1S/C13H15BrF2O/c1-8(2)12(14)9(3)10-4-6-11(7-5-10)17-13(15)16/h4-8,12-13H,3H2,1-2H3. The molecule has 0 aliphatic rings. The van der Waals surface area contributed by atoms with Crippen LogP contribution in [-0.4, -0.2) is 11.4 Å². The Balaban J connectivity index is 2.77. The number of hydrogen-bond acceptors (Lipinski definition) is 1. The Morgan fingerprint density at radius 3 is 2.18 bits per heavy atom. The molecule has 1 aromatic carbocycles. The Kier molecular flexibility index (Phi) is 5.12. The lowest BCUT2D eigenvalue weighted by molar-refractivity contribution is -0.0498. The smallest absolute Gasteiger partial charge is 0.387 e.